The SMILES string of the molecule is O=C(NCc1ccc(OCC2CC2)nc1)C1(c2ccc(Br)cc2)CCOCC1. The molecule has 148 valence electrons. The van der Waals surface area contributed by atoms with Gasteiger partial charge in [0, 0.05) is 36.5 Å². The Morgan fingerprint density at radius 1 is 1.18 bits per heavy atom. The first-order valence-electron chi connectivity index (χ1n) is 9.85. The monoisotopic (exact) mass is 444 g/mol. The molecule has 1 aliphatic heterocycles. The summed E-state index contributed by atoms with van der Waals surface area (Å²) < 4.78 is 12.2. The average molecular weight is 445 g/mol. The number of aromatic nitrogens is 1. The Bertz CT molecular complexity index is 798. The van der Waals surface area contributed by atoms with Gasteiger partial charge in [-0.2, -0.15) is 0 Å². The molecule has 0 bridgehead atoms. The number of rotatable bonds is 7. The quantitative estimate of drug-likeness (QED) is 0.700. The highest BCUT2D eigenvalue weighted by molar-refractivity contribution is 9.10. The Labute approximate surface area is 174 Å². The van der Waals surface area contributed by atoms with Crippen LogP contribution in [0.1, 0.15) is 36.8 Å². The highest BCUT2D eigenvalue weighted by atomic mass is 79.9. The number of pyridine rings is 1. The van der Waals surface area contributed by atoms with E-state index < -0.39 is 5.41 Å². The van der Waals surface area contributed by atoms with Crippen LogP contribution >= 0.6 is 15.9 Å². The van der Waals surface area contributed by atoms with Crippen molar-refractivity contribution >= 4 is 21.8 Å². The fourth-order valence-corrected chi connectivity index (χ4v) is 3.84. The van der Waals surface area contributed by atoms with Gasteiger partial charge < -0.3 is 14.8 Å². The van der Waals surface area contributed by atoms with E-state index in [-0.39, 0.29) is 5.91 Å². The average Bonchev–Trinajstić information content (AvgIpc) is 3.57. The first kappa shape index (κ1) is 19.4. The Kier molecular flexibility index (Phi) is 5.97. The third kappa shape index (κ3) is 4.55. The van der Waals surface area contributed by atoms with E-state index >= 15 is 0 Å². The smallest absolute Gasteiger partial charge is 0.231 e. The van der Waals surface area contributed by atoms with Crippen LogP contribution in [-0.4, -0.2) is 30.7 Å². The number of hydrogen-bond acceptors (Lipinski definition) is 4. The van der Waals surface area contributed by atoms with Crippen molar-refractivity contribution < 1.29 is 14.3 Å². The summed E-state index contributed by atoms with van der Waals surface area (Å²) in [4.78, 5) is 17.6. The van der Waals surface area contributed by atoms with Crippen LogP contribution < -0.4 is 10.1 Å². The number of nitrogens with zero attached hydrogens (tertiary/aromatic N) is 1. The van der Waals surface area contributed by atoms with Gasteiger partial charge in [-0.3, -0.25) is 4.79 Å². The Balaban J connectivity index is 1.40. The molecule has 6 heteroatoms. The summed E-state index contributed by atoms with van der Waals surface area (Å²) >= 11 is 3.47. The van der Waals surface area contributed by atoms with E-state index in [0.29, 0.717) is 44.4 Å². The Morgan fingerprint density at radius 3 is 2.57 bits per heavy atom. The predicted octanol–water partition coefficient (Wildman–Crippen LogP) is 4.00. The lowest BCUT2D eigenvalue weighted by Gasteiger charge is -2.36. The first-order valence-corrected chi connectivity index (χ1v) is 10.6. The van der Waals surface area contributed by atoms with E-state index in [9.17, 15) is 4.79 Å². The fourth-order valence-electron chi connectivity index (χ4n) is 3.58. The van der Waals surface area contributed by atoms with Crippen molar-refractivity contribution in [2.75, 3.05) is 19.8 Å². The summed E-state index contributed by atoms with van der Waals surface area (Å²) in [6.07, 6.45) is 5.67. The molecule has 2 aliphatic rings. The van der Waals surface area contributed by atoms with Crippen LogP contribution in [0.15, 0.2) is 47.1 Å². The molecule has 2 aromatic rings. The highest BCUT2D eigenvalue weighted by Gasteiger charge is 2.41. The Morgan fingerprint density at radius 2 is 1.93 bits per heavy atom. The van der Waals surface area contributed by atoms with Crippen molar-refractivity contribution in [3.8, 4) is 5.88 Å². The second-order valence-corrected chi connectivity index (χ2v) is 8.56. The largest absolute Gasteiger partial charge is 0.477 e. The van der Waals surface area contributed by atoms with E-state index in [4.69, 9.17) is 9.47 Å². The van der Waals surface area contributed by atoms with Gasteiger partial charge in [0.15, 0.2) is 0 Å². The molecular weight excluding hydrogens is 420 g/mol. The van der Waals surface area contributed by atoms with Crippen LogP contribution in [0.3, 0.4) is 0 Å². The van der Waals surface area contributed by atoms with Gasteiger partial charge in [-0.1, -0.05) is 34.1 Å². The van der Waals surface area contributed by atoms with Gasteiger partial charge in [0.05, 0.1) is 12.0 Å². The number of carbonyl (C=O) groups is 1. The topological polar surface area (TPSA) is 60.5 Å². The van der Waals surface area contributed by atoms with Gasteiger partial charge in [0.1, 0.15) is 0 Å². The van der Waals surface area contributed by atoms with Crippen molar-refractivity contribution in [1.29, 1.82) is 0 Å². The number of benzene rings is 1. The first-order chi connectivity index (χ1) is 13.7. The lowest BCUT2D eigenvalue weighted by molar-refractivity contribution is -0.130. The van der Waals surface area contributed by atoms with Gasteiger partial charge in [-0.05, 0) is 54.9 Å². The molecule has 4 rings (SSSR count). The molecule has 5 nitrogen and oxygen atoms in total. The zero-order valence-electron chi connectivity index (χ0n) is 15.8. The van der Waals surface area contributed by atoms with E-state index in [2.05, 4.69) is 26.2 Å². The summed E-state index contributed by atoms with van der Waals surface area (Å²) in [6.45, 7) is 2.39. The van der Waals surface area contributed by atoms with Crippen molar-refractivity contribution in [3.63, 3.8) is 0 Å². The van der Waals surface area contributed by atoms with Crippen LogP contribution in [0.5, 0.6) is 5.88 Å². The third-order valence-electron chi connectivity index (χ3n) is 5.59. The number of nitrogens with one attached hydrogen (secondary N) is 1. The third-order valence-corrected chi connectivity index (χ3v) is 6.12. The van der Waals surface area contributed by atoms with Gasteiger partial charge in [-0.15, -0.1) is 0 Å². The van der Waals surface area contributed by atoms with Crippen molar-refractivity contribution in [3.05, 3.63) is 58.2 Å². The molecule has 1 N–H and O–H groups in total. The van der Waals surface area contributed by atoms with Crippen LogP contribution in [0.25, 0.3) is 0 Å². The van der Waals surface area contributed by atoms with Crippen molar-refractivity contribution in [2.24, 2.45) is 5.92 Å². The second-order valence-electron chi connectivity index (χ2n) is 7.64. The van der Waals surface area contributed by atoms with E-state index in [1.165, 1.54) is 12.8 Å². The molecule has 2 fully saturated rings. The van der Waals surface area contributed by atoms with E-state index in [1.807, 2.05) is 36.4 Å². The predicted molar refractivity (Wildman–Crippen MR) is 110 cm³/mol. The number of halogens is 1. The van der Waals surface area contributed by atoms with Gasteiger partial charge in [0.2, 0.25) is 11.8 Å². The normalized spacial score (nSPS) is 18.5. The molecule has 0 spiro atoms. The molecule has 1 saturated heterocycles. The minimum absolute atomic E-state index is 0.0483. The number of carbonyl (C=O) groups excluding carboxylic acids is 1. The number of hydrogen-bond donors (Lipinski definition) is 1. The van der Waals surface area contributed by atoms with Crippen LogP contribution in [0, 0.1) is 5.92 Å². The molecule has 1 aromatic heterocycles. The molecule has 1 amide bonds. The standard InChI is InChI=1S/C22H25BrN2O3/c23-19-6-4-18(5-7-19)22(9-11-27-12-10-22)21(26)25-14-17-3-8-20(24-13-17)28-15-16-1-2-16/h3-8,13,16H,1-2,9-12,14-15H2,(H,25,26). The number of ether oxygens (including phenoxy) is 2. The van der Waals surface area contributed by atoms with Crippen LogP contribution in [0.2, 0.25) is 0 Å². The molecule has 1 aromatic carbocycles. The summed E-state index contributed by atoms with van der Waals surface area (Å²) in [6, 6.07) is 11.9. The summed E-state index contributed by atoms with van der Waals surface area (Å²) in [7, 11) is 0. The van der Waals surface area contributed by atoms with Crippen molar-refractivity contribution in [2.45, 2.75) is 37.6 Å². The van der Waals surface area contributed by atoms with Crippen molar-refractivity contribution in [1.82, 2.24) is 10.3 Å². The van der Waals surface area contributed by atoms with Crippen LogP contribution in [-0.2, 0) is 21.5 Å². The minimum atomic E-state index is -0.542. The zero-order valence-corrected chi connectivity index (χ0v) is 17.4. The van der Waals surface area contributed by atoms with Gasteiger partial charge in [0.25, 0.3) is 0 Å². The lowest BCUT2D eigenvalue weighted by Crippen LogP contribution is -2.47. The maximum absolute atomic E-state index is 13.2. The highest BCUT2D eigenvalue weighted by Crippen LogP contribution is 2.36. The molecule has 0 radical (unpaired) electrons. The van der Waals surface area contributed by atoms with E-state index in [0.717, 1.165) is 22.2 Å². The zero-order chi connectivity index (χ0) is 19.4. The van der Waals surface area contributed by atoms with E-state index in [1.54, 1.807) is 6.20 Å². The maximum Gasteiger partial charge on any atom is 0.231 e. The minimum Gasteiger partial charge on any atom is -0.477 e. The summed E-state index contributed by atoms with van der Waals surface area (Å²) in [5, 5.41) is 3.12. The molecule has 0 unspecified atom stereocenters. The molecule has 28 heavy (non-hydrogen) atoms. The summed E-state index contributed by atoms with van der Waals surface area (Å²) in [5.41, 5.74) is 1.46. The Hall–Kier alpha value is -1.92. The maximum atomic E-state index is 13.2. The lowest BCUT2D eigenvalue weighted by atomic mass is 9.73. The number of amides is 1. The molecule has 0 atom stereocenters. The molecular formula is C22H25BrN2O3. The van der Waals surface area contributed by atoms with Gasteiger partial charge >= 0.3 is 0 Å². The fraction of sp³-hybridized carbons (Fsp3) is 0.455. The molecule has 1 saturated carbocycles. The summed E-state index contributed by atoms with van der Waals surface area (Å²) in [5.74, 6) is 1.40. The van der Waals surface area contributed by atoms with Gasteiger partial charge in [-0.25, -0.2) is 4.98 Å². The molecule has 2 heterocycles. The molecule has 1 aliphatic carbocycles. The second kappa shape index (κ2) is 8.62. The van der Waals surface area contributed by atoms with Crippen LogP contribution in [0.4, 0.5) is 0 Å².